The molecule has 0 spiro atoms. The lowest BCUT2D eigenvalue weighted by molar-refractivity contribution is 0.0260. The largest absolute Gasteiger partial charge is 0.491 e. The molecule has 0 atom stereocenters. The zero-order valence-electron chi connectivity index (χ0n) is 17.6. The maximum absolute atomic E-state index is 12.9. The number of nitrogens with one attached hydrogen (secondary N) is 1. The molecule has 1 fully saturated rings. The normalized spacial score (nSPS) is 14.9. The minimum atomic E-state index is -0.983. The van der Waals surface area contributed by atoms with Gasteiger partial charge in [0.2, 0.25) is 0 Å². The summed E-state index contributed by atoms with van der Waals surface area (Å²) in [6.45, 7) is 6.41. The fourth-order valence-corrected chi connectivity index (χ4v) is 3.11. The molecule has 0 bridgehead atoms. The lowest BCUT2D eigenvalue weighted by Crippen LogP contribution is -2.52. The molecule has 30 heavy (non-hydrogen) atoms. The number of likely N-dealkylation sites (tertiary alicyclic amines) is 1. The van der Waals surface area contributed by atoms with Gasteiger partial charge in [-0.05, 0) is 57.9 Å². The number of hydrogen-bond acceptors (Lipinski definition) is 7. The number of amides is 2. The average Bonchev–Trinajstić information content (AvgIpc) is 2.68. The minimum Gasteiger partial charge on any atom is -0.491 e. The monoisotopic (exact) mass is 422 g/mol. The Labute approximate surface area is 175 Å². The summed E-state index contributed by atoms with van der Waals surface area (Å²) < 4.78 is 11.0. The molecule has 1 aromatic carbocycles. The minimum absolute atomic E-state index is 0.00475. The van der Waals surface area contributed by atoms with Gasteiger partial charge in [0.25, 0.3) is 0 Å². The molecule has 2 amide bonds. The highest BCUT2D eigenvalue weighted by atomic mass is 16.6. The summed E-state index contributed by atoms with van der Waals surface area (Å²) in [5, 5.41) is 17.8. The zero-order chi connectivity index (χ0) is 22.3. The number of benzene rings is 1. The summed E-state index contributed by atoms with van der Waals surface area (Å²) in [6.07, 6.45) is -0.757. The Kier molecular flexibility index (Phi) is 8.01. The highest BCUT2D eigenvalue weighted by molar-refractivity contribution is 6.05. The molecular weight excluding hydrogens is 392 g/mol. The lowest BCUT2D eigenvalue weighted by Gasteiger charge is -2.38. The molecule has 1 aliphatic heterocycles. The van der Waals surface area contributed by atoms with Gasteiger partial charge in [0.15, 0.2) is 0 Å². The Morgan fingerprint density at radius 1 is 1.20 bits per heavy atom. The van der Waals surface area contributed by atoms with Gasteiger partial charge in [0.05, 0.1) is 0 Å². The van der Waals surface area contributed by atoms with E-state index in [0.29, 0.717) is 43.9 Å². The molecule has 0 aliphatic carbocycles. The Morgan fingerprint density at radius 2 is 1.80 bits per heavy atom. The first-order valence-corrected chi connectivity index (χ1v) is 9.76. The van der Waals surface area contributed by atoms with E-state index in [-0.39, 0.29) is 18.5 Å². The Morgan fingerprint density at radius 3 is 2.30 bits per heavy atom. The summed E-state index contributed by atoms with van der Waals surface area (Å²) >= 11 is 0. The molecule has 1 heterocycles. The molecular formula is C20H30N4O6. The van der Waals surface area contributed by atoms with Crippen LogP contribution >= 0.6 is 0 Å². The summed E-state index contributed by atoms with van der Waals surface area (Å²) in [5.41, 5.74) is -0.205. The topological polar surface area (TPSA) is 138 Å². The molecule has 166 valence electrons. The van der Waals surface area contributed by atoms with E-state index in [4.69, 9.17) is 25.9 Å². The van der Waals surface area contributed by atoms with Gasteiger partial charge >= 0.3 is 12.2 Å². The maximum atomic E-state index is 12.9. The van der Waals surface area contributed by atoms with Crippen molar-refractivity contribution in [2.24, 2.45) is 5.90 Å². The molecule has 2 rings (SSSR count). The number of carbonyl (C=O) groups excluding carboxylic acids is 1. The van der Waals surface area contributed by atoms with Gasteiger partial charge in [-0.25, -0.2) is 15.5 Å². The van der Waals surface area contributed by atoms with Crippen LogP contribution in [0.3, 0.4) is 0 Å². The van der Waals surface area contributed by atoms with E-state index in [0.717, 1.165) is 0 Å². The van der Waals surface area contributed by atoms with Crippen molar-refractivity contribution < 1.29 is 29.0 Å². The number of rotatable bonds is 6. The number of carboxylic acid groups (broad SMARTS) is 1. The number of ether oxygens (including phenoxy) is 2. The van der Waals surface area contributed by atoms with Crippen LogP contribution in [-0.4, -0.2) is 70.9 Å². The second kappa shape index (κ2) is 10.3. The molecule has 0 unspecified atom stereocenters. The molecule has 10 nitrogen and oxygen atoms in total. The van der Waals surface area contributed by atoms with Crippen LogP contribution in [0.25, 0.3) is 0 Å². The van der Waals surface area contributed by atoms with E-state index in [1.165, 1.54) is 9.80 Å². The van der Waals surface area contributed by atoms with Crippen LogP contribution in [-0.2, 0) is 9.57 Å². The van der Waals surface area contributed by atoms with Crippen molar-refractivity contribution in [2.75, 3.05) is 26.3 Å². The van der Waals surface area contributed by atoms with Gasteiger partial charge in [-0.15, -0.1) is 0 Å². The maximum Gasteiger partial charge on any atom is 0.416 e. The van der Waals surface area contributed by atoms with Crippen LogP contribution in [0.4, 0.5) is 9.59 Å². The van der Waals surface area contributed by atoms with E-state index in [1.54, 1.807) is 45.0 Å². The van der Waals surface area contributed by atoms with E-state index >= 15 is 0 Å². The third kappa shape index (κ3) is 6.60. The van der Waals surface area contributed by atoms with E-state index in [2.05, 4.69) is 4.84 Å². The predicted octanol–water partition coefficient (Wildman–Crippen LogP) is 2.66. The van der Waals surface area contributed by atoms with Crippen LogP contribution in [0.15, 0.2) is 24.3 Å². The zero-order valence-corrected chi connectivity index (χ0v) is 17.6. The first kappa shape index (κ1) is 23.4. The quantitative estimate of drug-likeness (QED) is 0.277. The van der Waals surface area contributed by atoms with Crippen molar-refractivity contribution in [3.63, 3.8) is 0 Å². The fraction of sp³-hybridized carbons (Fsp3) is 0.550. The number of hydrogen-bond donors (Lipinski definition) is 3. The third-order valence-corrected chi connectivity index (χ3v) is 4.53. The van der Waals surface area contributed by atoms with Crippen LogP contribution in [0.2, 0.25) is 0 Å². The number of nitrogens with two attached hydrogens (primary N) is 1. The average molecular weight is 422 g/mol. The first-order valence-electron chi connectivity index (χ1n) is 9.76. The molecule has 1 saturated heterocycles. The molecule has 1 aromatic rings. The van der Waals surface area contributed by atoms with Crippen molar-refractivity contribution in [1.82, 2.24) is 9.80 Å². The van der Waals surface area contributed by atoms with Crippen LogP contribution in [0.5, 0.6) is 5.75 Å². The molecule has 10 heteroatoms. The molecule has 4 N–H and O–H groups in total. The Balaban J connectivity index is 2.18. The van der Waals surface area contributed by atoms with Crippen LogP contribution in [0, 0.1) is 5.41 Å². The van der Waals surface area contributed by atoms with E-state index in [1.807, 2.05) is 0 Å². The highest BCUT2D eigenvalue weighted by Crippen LogP contribution is 2.23. The summed E-state index contributed by atoms with van der Waals surface area (Å²) in [7, 11) is 0. The van der Waals surface area contributed by atoms with Gasteiger partial charge in [0, 0.05) is 24.7 Å². The Hall–Kier alpha value is -2.85. The second-order valence-corrected chi connectivity index (χ2v) is 7.94. The predicted molar refractivity (Wildman–Crippen MR) is 110 cm³/mol. The number of carbonyl (C=O) groups is 2. The third-order valence-electron chi connectivity index (χ3n) is 4.53. The number of amidine groups is 1. The Bertz CT molecular complexity index is 739. The SMILES string of the molecule is CC(C)(C)OC(=O)N(C(=N)c1ccc(OCCON)cc1)C1CCN(C(=O)O)CC1. The molecule has 1 aliphatic rings. The summed E-state index contributed by atoms with van der Waals surface area (Å²) in [4.78, 5) is 31.2. The summed E-state index contributed by atoms with van der Waals surface area (Å²) in [5.74, 6) is 5.55. The van der Waals surface area contributed by atoms with E-state index in [9.17, 15) is 9.59 Å². The standard InChI is InChI=1S/C20H30N4O6/c1-20(2,3)30-19(27)24(15-8-10-23(11-9-15)18(25)26)17(21)14-4-6-16(7-5-14)28-12-13-29-22/h4-7,15,21H,8-13,22H2,1-3H3,(H,25,26). The molecule has 0 aromatic heterocycles. The highest BCUT2D eigenvalue weighted by Gasteiger charge is 2.35. The molecule has 0 radical (unpaired) electrons. The van der Waals surface area contributed by atoms with Crippen molar-refractivity contribution in [3.05, 3.63) is 29.8 Å². The van der Waals surface area contributed by atoms with Crippen molar-refractivity contribution in [1.29, 1.82) is 5.41 Å². The van der Waals surface area contributed by atoms with Crippen molar-refractivity contribution >= 4 is 18.0 Å². The fourth-order valence-electron chi connectivity index (χ4n) is 3.11. The smallest absolute Gasteiger partial charge is 0.416 e. The van der Waals surface area contributed by atoms with Crippen LogP contribution in [0.1, 0.15) is 39.2 Å². The first-order chi connectivity index (χ1) is 14.1. The number of piperidine rings is 1. The van der Waals surface area contributed by atoms with Crippen LogP contribution < -0.4 is 10.6 Å². The van der Waals surface area contributed by atoms with Gasteiger partial charge in [-0.2, -0.15) is 0 Å². The van der Waals surface area contributed by atoms with Crippen molar-refractivity contribution in [2.45, 2.75) is 45.3 Å². The summed E-state index contributed by atoms with van der Waals surface area (Å²) in [6, 6.07) is 6.43. The second-order valence-electron chi connectivity index (χ2n) is 7.94. The molecule has 0 saturated carbocycles. The van der Waals surface area contributed by atoms with E-state index < -0.39 is 17.8 Å². The van der Waals surface area contributed by atoms with Gasteiger partial charge in [-0.1, -0.05) is 0 Å². The lowest BCUT2D eigenvalue weighted by atomic mass is 10.0. The van der Waals surface area contributed by atoms with Crippen molar-refractivity contribution in [3.8, 4) is 5.75 Å². The number of nitrogens with zero attached hydrogens (tertiary/aromatic N) is 2. The van der Waals surface area contributed by atoms with Gasteiger partial charge in [-0.3, -0.25) is 10.3 Å². The van der Waals surface area contributed by atoms with Gasteiger partial charge < -0.3 is 24.3 Å². The van der Waals surface area contributed by atoms with Gasteiger partial charge in [0.1, 0.15) is 30.4 Å².